The highest BCUT2D eigenvalue weighted by Gasteiger charge is 2.20. The first-order chi connectivity index (χ1) is 15.0. The molecule has 0 unspecified atom stereocenters. The molecule has 32 heavy (non-hydrogen) atoms. The maximum absolute atomic E-state index is 12.1. The van der Waals surface area contributed by atoms with Gasteiger partial charge in [0, 0.05) is 26.1 Å². The number of carbonyl (C=O) groups excluding carboxylic acids is 4. The lowest BCUT2D eigenvalue weighted by Gasteiger charge is -2.19. The smallest absolute Gasteiger partial charge is 0.407 e. The van der Waals surface area contributed by atoms with E-state index in [1.807, 2.05) is 0 Å². The number of oxime groups is 1. The van der Waals surface area contributed by atoms with Crippen LogP contribution in [0.1, 0.15) is 57.4 Å². The lowest BCUT2D eigenvalue weighted by molar-refractivity contribution is -0.155. The van der Waals surface area contributed by atoms with E-state index in [1.165, 1.54) is 23.9 Å². The van der Waals surface area contributed by atoms with Gasteiger partial charge in [-0.2, -0.15) is 0 Å². The Kier molecular flexibility index (Phi) is 9.88. The Morgan fingerprint density at radius 2 is 1.84 bits per heavy atom. The highest BCUT2D eigenvalue weighted by atomic mass is 16.7. The summed E-state index contributed by atoms with van der Waals surface area (Å²) in [5.41, 5.74) is 2.07. The van der Waals surface area contributed by atoms with Crippen molar-refractivity contribution in [1.29, 1.82) is 0 Å². The van der Waals surface area contributed by atoms with Crippen LogP contribution in [-0.4, -0.2) is 46.5 Å². The largest absolute Gasteiger partial charge is 0.470 e. The zero-order valence-electron chi connectivity index (χ0n) is 18.6. The number of aromatic nitrogens is 1. The fraction of sp³-hybridized carbons (Fsp3) is 0.500. The van der Waals surface area contributed by atoms with Crippen LogP contribution in [0.3, 0.4) is 0 Å². The zero-order valence-corrected chi connectivity index (χ0v) is 18.6. The summed E-state index contributed by atoms with van der Waals surface area (Å²) in [4.78, 5) is 59.4. The molecule has 1 N–H and O–H groups in total. The third-order valence-corrected chi connectivity index (χ3v) is 3.46. The predicted octanol–water partition coefficient (Wildman–Crippen LogP) is 2.36. The molecular weight excluding hydrogens is 424 g/mol. The summed E-state index contributed by atoms with van der Waals surface area (Å²) in [5, 5.41) is 3.21. The molecule has 0 aliphatic heterocycles. The highest BCUT2D eigenvalue weighted by Crippen LogP contribution is 2.15. The predicted molar refractivity (Wildman–Crippen MR) is 111 cm³/mol. The summed E-state index contributed by atoms with van der Waals surface area (Å²) >= 11 is 0. The minimum Gasteiger partial charge on any atom is -0.470 e. The average molecular weight is 450 g/mol. The number of nitrogens with one attached hydrogen (secondary N) is 1. The van der Waals surface area contributed by atoms with Crippen LogP contribution in [0.5, 0.6) is 0 Å². The molecule has 0 aliphatic rings. The number of carbonyl (C=O) groups is 4. The van der Waals surface area contributed by atoms with Gasteiger partial charge in [-0.1, -0.05) is 6.57 Å². The van der Waals surface area contributed by atoms with Gasteiger partial charge >= 0.3 is 29.7 Å². The van der Waals surface area contributed by atoms with Crippen molar-refractivity contribution in [3.63, 3.8) is 0 Å². The lowest BCUT2D eigenvalue weighted by Crippen LogP contribution is -2.23. The molecule has 174 valence electrons. The van der Waals surface area contributed by atoms with Gasteiger partial charge in [0.1, 0.15) is 11.3 Å². The molecule has 0 amide bonds. The van der Waals surface area contributed by atoms with Gasteiger partial charge < -0.3 is 23.7 Å². The summed E-state index contributed by atoms with van der Waals surface area (Å²) < 4.78 is 11.1. The van der Waals surface area contributed by atoms with Gasteiger partial charge in [0.25, 0.3) is 0 Å². The van der Waals surface area contributed by atoms with Gasteiger partial charge in [-0.3, -0.25) is 9.59 Å². The van der Waals surface area contributed by atoms with Crippen molar-refractivity contribution >= 4 is 35.4 Å². The second kappa shape index (κ2) is 12.1. The zero-order chi connectivity index (χ0) is 24.3. The summed E-state index contributed by atoms with van der Waals surface area (Å²) in [6.07, 6.45) is 1.75. The molecule has 0 spiro atoms. The van der Waals surface area contributed by atoms with Gasteiger partial charge in [0.05, 0.1) is 17.4 Å². The fourth-order valence-electron chi connectivity index (χ4n) is 2.19. The minimum absolute atomic E-state index is 0.00501. The summed E-state index contributed by atoms with van der Waals surface area (Å²) in [6, 6.07) is 1.31. The summed E-state index contributed by atoms with van der Waals surface area (Å²) in [6.45, 7) is 13.7. The molecule has 1 aromatic rings. The van der Waals surface area contributed by atoms with Crippen molar-refractivity contribution in [3.05, 3.63) is 29.4 Å². The molecule has 1 heterocycles. The molecule has 0 saturated carbocycles. The van der Waals surface area contributed by atoms with Gasteiger partial charge in [-0.15, -0.1) is 0 Å². The van der Waals surface area contributed by atoms with Crippen LogP contribution >= 0.6 is 0 Å². The van der Waals surface area contributed by atoms with E-state index in [1.54, 1.807) is 27.7 Å². The molecule has 12 nitrogen and oxygen atoms in total. The number of rotatable bonds is 9. The molecule has 0 bridgehead atoms. The Morgan fingerprint density at radius 1 is 1.19 bits per heavy atom. The molecule has 1 rings (SSSR count). The van der Waals surface area contributed by atoms with Crippen molar-refractivity contribution in [2.24, 2.45) is 12.2 Å². The molecular formula is C20H26N4O8. The van der Waals surface area contributed by atoms with Crippen molar-refractivity contribution in [2.75, 3.05) is 12.1 Å². The third-order valence-electron chi connectivity index (χ3n) is 3.46. The van der Waals surface area contributed by atoms with Crippen molar-refractivity contribution < 1.29 is 38.3 Å². The van der Waals surface area contributed by atoms with Crippen LogP contribution in [-0.2, 0) is 40.6 Å². The van der Waals surface area contributed by atoms with E-state index in [0.717, 1.165) is 0 Å². The summed E-state index contributed by atoms with van der Waals surface area (Å²) in [5.74, 6) is -3.70. The number of hydrogen-bond donors (Lipinski definition) is 1. The summed E-state index contributed by atoms with van der Waals surface area (Å²) in [7, 11) is 1.52. The Bertz CT molecular complexity index is 921. The van der Waals surface area contributed by atoms with Crippen LogP contribution in [0.25, 0.3) is 4.85 Å². The Morgan fingerprint density at radius 3 is 2.44 bits per heavy atom. The molecule has 0 atom stereocenters. The first kappa shape index (κ1) is 26.2. The number of aryl methyl sites for hydroxylation is 1. The van der Waals surface area contributed by atoms with Gasteiger partial charge in [0.2, 0.25) is 0 Å². The van der Waals surface area contributed by atoms with E-state index in [2.05, 4.69) is 25.1 Å². The van der Waals surface area contributed by atoms with E-state index < -0.39 is 35.3 Å². The molecule has 0 saturated heterocycles. The first-order valence-electron chi connectivity index (χ1n) is 9.64. The van der Waals surface area contributed by atoms with Gasteiger partial charge in [0.15, 0.2) is 0 Å². The van der Waals surface area contributed by atoms with Gasteiger partial charge in [-0.25, -0.2) is 19.9 Å². The Hall–Kier alpha value is -3.88. The normalized spacial score (nSPS) is 11.2. The number of anilines is 1. The van der Waals surface area contributed by atoms with Crippen LogP contribution in [0.2, 0.25) is 0 Å². The topological polar surface area (TPSA) is 139 Å². The van der Waals surface area contributed by atoms with Crippen LogP contribution in [0, 0.1) is 6.57 Å². The molecule has 0 radical (unpaired) electrons. The Labute approximate surface area is 185 Å². The maximum atomic E-state index is 12.1. The van der Waals surface area contributed by atoms with Crippen LogP contribution < -0.4 is 5.48 Å². The van der Waals surface area contributed by atoms with Crippen molar-refractivity contribution in [3.8, 4) is 0 Å². The van der Waals surface area contributed by atoms with E-state index in [0.29, 0.717) is 0 Å². The molecule has 0 aliphatic carbocycles. The monoisotopic (exact) mass is 450 g/mol. The van der Waals surface area contributed by atoms with E-state index in [-0.39, 0.29) is 37.3 Å². The van der Waals surface area contributed by atoms with Crippen molar-refractivity contribution in [1.82, 2.24) is 4.57 Å². The quantitative estimate of drug-likeness (QED) is 0.114. The average Bonchev–Trinajstić information content (AvgIpc) is 3.06. The standard InChI is InChI=1S/C20H26N4O8/c1-7-29-19(28)17(21-5)23-32-18(27)14-11-13(12-24(14)6)22-31-16(26)10-8-9-15(25)30-20(2,3)4/h11-12,22H,7-10H2,1-4,6H3/b23-17-. The number of amidine groups is 1. The highest BCUT2D eigenvalue weighted by molar-refractivity contribution is 6.39. The first-order valence-corrected chi connectivity index (χ1v) is 9.64. The maximum Gasteiger partial charge on any atom is 0.407 e. The van der Waals surface area contributed by atoms with Gasteiger partial charge in [-0.05, 0) is 40.2 Å². The van der Waals surface area contributed by atoms with E-state index >= 15 is 0 Å². The number of ether oxygens (including phenoxy) is 2. The van der Waals surface area contributed by atoms with Crippen LogP contribution in [0.4, 0.5) is 5.69 Å². The number of hydrogen-bond acceptors (Lipinski definition) is 10. The number of esters is 2. The molecule has 0 fully saturated rings. The second-order valence-corrected chi connectivity index (χ2v) is 7.37. The second-order valence-electron chi connectivity index (χ2n) is 7.37. The van der Waals surface area contributed by atoms with E-state index in [9.17, 15) is 19.2 Å². The molecule has 0 aromatic carbocycles. The minimum atomic E-state index is -1.01. The lowest BCUT2D eigenvalue weighted by atomic mass is 10.2. The van der Waals surface area contributed by atoms with Crippen LogP contribution in [0.15, 0.2) is 17.4 Å². The Balaban J connectivity index is 2.55. The van der Waals surface area contributed by atoms with E-state index in [4.69, 9.17) is 16.1 Å². The van der Waals surface area contributed by atoms with Crippen molar-refractivity contribution in [2.45, 2.75) is 52.6 Å². The molecule has 1 aromatic heterocycles. The molecule has 12 heteroatoms. The fourth-order valence-corrected chi connectivity index (χ4v) is 2.19. The number of nitrogens with zero attached hydrogens (tertiary/aromatic N) is 3. The third kappa shape index (κ3) is 9.29. The SMILES string of the molecule is [C-]#[N+]/C(=N\OC(=O)c1cc(NOC(=O)CCCC(=O)OC(C)(C)C)cn1C)C(=O)OCC.